The van der Waals surface area contributed by atoms with Crippen LogP contribution in [-0.4, -0.2) is 73.4 Å². The minimum Gasteiger partial charge on any atom is -0.387 e. The number of phosphoric acid groups is 1. The maximum atomic E-state index is 13.0. The molecule has 1 amide bonds. The highest BCUT2D eigenvalue weighted by Crippen LogP contribution is 2.43. The minimum atomic E-state index is -4.37. The molecule has 0 saturated heterocycles. The molecule has 0 radical (unpaired) electrons. The Morgan fingerprint density at radius 3 is 1.06 bits per heavy atom. The van der Waals surface area contributed by atoms with Crippen LogP contribution in [0.2, 0.25) is 0 Å². The molecule has 8 nitrogen and oxygen atoms in total. The number of hydrogen-bond acceptors (Lipinski definition) is 5. The van der Waals surface area contributed by atoms with Gasteiger partial charge in [0, 0.05) is 6.42 Å². The van der Waals surface area contributed by atoms with Crippen molar-refractivity contribution in [3.63, 3.8) is 0 Å². The Morgan fingerprint density at radius 2 is 0.716 bits per heavy atom. The van der Waals surface area contributed by atoms with Gasteiger partial charge >= 0.3 is 7.82 Å². The van der Waals surface area contributed by atoms with E-state index in [1.807, 2.05) is 27.2 Å². The van der Waals surface area contributed by atoms with Crippen molar-refractivity contribution in [3.05, 3.63) is 60.8 Å². The molecule has 9 heteroatoms. The molecule has 3 N–H and O–H groups in total. The normalized spacial score (nSPS) is 14.0. The number of hydrogen-bond donors (Lipinski definition) is 3. The smallest absolute Gasteiger partial charge is 0.387 e. The van der Waals surface area contributed by atoms with E-state index in [4.69, 9.17) is 9.05 Å². The zero-order valence-electron chi connectivity index (χ0n) is 54.5. The van der Waals surface area contributed by atoms with E-state index in [0.717, 1.165) is 51.4 Å². The highest BCUT2D eigenvalue weighted by Gasteiger charge is 2.28. The Labute approximate surface area is 504 Å². The van der Waals surface area contributed by atoms with Crippen LogP contribution < -0.4 is 5.32 Å². The first-order chi connectivity index (χ1) is 39.5. The average molecular weight is 1160 g/mol. The van der Waals surface area contributed by atoms with Crippen LogP contribution in [0.5, 0.6) is 0 Å². The number of aliphatic hydroxyl groups is 1. The fraction of sp³-hybridized carbons (Fsp3) is 0.847. The van der Waals surface area contributed by atoms with E-state index in [2.05, 4.69) is 67.8 Å². The SMILES string of the molecule is CCCCCCC/C=C\C/C=C\CCCCCCCCCCCCCCCCCCCCCCCCCC(=O)NC(COP(=O)(O)OCC[N+](C)(C)C)C(O)/C=C/CC/C=C/CC/C=C/CCCCCCCCCCCCCCCC. The lowest BCUT2D eigenvalue weighted by molar-refractivity contribution is -0.870. The van der Waals surface area contributed by atoms with Crippen LogP contribution in [0, 0.1) is 0 Å². The summed E-state index contributed by atoms with van der Waals surface area (Å²) in [7, 11) is 1.56. The van der Waals surface area contributed by atoms with Crippen LogP contribution in [0.4, 0.5) is 0 Å². The van der Waals surface area contributed by atoms with Gasteiger partial charge in [-0.1, -0.05) is 319 Å². The van der Waals surface area contributed by atoms with Gasteiger partial charge in [0.05, 0.1) is 39.9 Å². The minimum absolute atomic E-state index is 0.0539. The molecular weight excluding hydrogens is 1020 g/mol. The number of carbonyl (C=O) groups is 1. The summed E-state index contributed by atoms with van der Waals surface area (Å²) in [4.78, 5) is 23.4. The molecule has 0 rings (SSSR count). The summed E-state index contributed by atoms with van der Waals surface area (Å²) >= 11 is 0. The molecule has 3 atom stereocenters. The number of amides is 1. The van der Waals surface area contributed by atoms with Gasteiger partial charge in [0.25, 0.3) is 0 Å². The summed E-state index contributed by atoms with van der Waals surface area (Å²) in [5.41, 5.74) is 0. The number of rotatable bonds is 65. The standard InChI is InChI=1S/C72H137N2O6P/c1-6-8-10-12-14-16-18-20-22-24-26-28-30-32-33-34-35-36-37-38-39-40-41-42-44-46-48-50-52-54-56-58-60-62-64-66-72(76)73-70(69-80-81(77,78)79-68-67-74(3,4)5)71(75)65-63-61-59-57-55-53-51-49-47-45-43-31-29-27-25-23-21-19-17-15-13-11-9-7-2/h18,20,24,26,47,49,55,57,63,65,70-71,75H,6-17,19,21-23,25,27-46,48,50-54,56,58-62,64,66-69H2,1-5H3,(H-,73,76,77,78)/p+1/b20-18-,26-24-,49-47+,57-55+,65-63+. The van der Waals surface area contributed by atoms with Gasteiger partial charge in [-0.2, -0.15) is 0 Å². The molecule has 81 heavy (non-hydrogen) atoms. The van der Waals surface area contributed by atoms with Crippen LogP contribution >= 0.6 is 7.82 Å². The van der Waals surface area contributed by atoms with Crippen molar-refractivity contribution in [1.29, 1.82) is 0 Å². The molecule has 3 unspecified atom stereocenters. The Hall–Kier alpha value is -1.80. The van der Waals surface area contributed by atoms with Gasteiger partial charge in [-0.05, 0) is 77.0 Å². The fourth-order valence-electron chi connectivity index (χ4n) is 10.5. The van der Waals surface area contributed by atoms with Crippen molar-refractivity contribution < 1.29 is 32.9 Å². The van der Waals surface area contributed by atoms with Crippen molar-refractivity contribution in [1.82, 2.24) is 5.32 Å². The van der Waals surface area contributed by atoms with Gasteiger partial charge in [0.1, 0.15) is 13.2 Å². The van der Waals surface area contributed by atoms with Gasteiger partial charge in [-0.15, -0.1) is 0 Å². The van der Waals surface area contributed by atoms with E-state index in [0.29, 0.717) is 17.4 Å². The number of nitrogens with one attached hydrogen (secondary N) is 1. The number of likely N-dealkylation sites (N-methyl/N-ethyl adjacent to an activating group) is 1. The lowest BCUT2D eigenvalue weighted by atomic mass is 10.0. The van der Waals surface area contributed by atoms with E-state index in [9.17, 15) is 19.4 Å². The number of unbranched alkanes of at least 4 members (excludes halogenated alkanes) is 44. The van der Waals surface area contributed by atoms with Gasteiger partial charge in [0.2, 0.25) is 5.91 Å². The van der Waals surface area contributed by atoms with Crippen molar-refractivity contribution >= 4 is 13.7 Å². The molecule has 0 aromatic heterocycles. The Bertz CT molecular complexity index is 1500. The molecule has 0 aliphatic heterocycles. The average Bonchev–Trinajstić information content (AvgIpc) is 3.43. The third-order valence-electron chi connectivity index (χ3n) is 15.9. The number of carbonyl (C=O) groups excluding carboxylic acids is 1. The fourth-order valence-corrected chi connectivity index (χ4v) is 11.2. The molecular formula is C72H138N2O6P+. The maximum absolute atomic E-state index is 13.0. The van der Waals surface area contributed by atoms with Crippen molar-refractivity contribution in [2.75, 3.05) is 40.9 Å². The summed E-state index contributed by atoms with van der Waals surface area (Å²) in [5, 5.41) is 14.0. The number of phosphoric ester groups is 1. The Kier molecular flexibility index (Phi) is 61.3. The van der Waals surface area contributed by atoms with Gasteiger partial charge in [0.15, 0.2) is 0 Å². The molecule has 0 heterocycles. The quantitative estimate of drug-likeness (QED) is 0.0243. The zero-order chi connectivity index (χ0) is 59.1. The second-order valence-corrected chi connectivity index (χ2v) is 26.7. The lowest BCUT2D eigenvalue weighted by Crippen LogP contribution is -2.45. The Morgan fingerprint density at radius 1 is 0.420 bits per heavy atom. The molecule has 0 spiro atoms. The van der Waals surface area contributed by atoms with Crippen molar-refractivity contribution in [2.45, 2.75) is 353 Å². The topological polar surface area (TPSA) is 105 Å². The summed E-state index contributed by atoms with van der Waals surface area (Å²) in [6, 6.07) is -0.871. The van der Waals surface area contributed by atoms with Crippen LogP contribution in [0.15, 0.2) is 60.8 Å². The summed E-state index contributed by atoms with van der Waals surface area (Å²) in [6.45, 7) is 4.82. The molecule has 0 aromatic rings. The molecule has 0 bridgehead atoms. The Balaban J connectivity index is 4.06. The number of quaternary nitrogens is 1. The summed E-state index contributed by atoms with van der Waals surface area (Å²) in [6.07, 6.45) is 86.7. The second kappa shape index (κ2) is 62.7. The highest BCUT2D eigenvalue weighted by atomic mass is 31.2. The monoisotopic (exact) mass is 1160 g/mol. The largest absolute Gasteiger partial charge is 0.472 e. The third-order valence-corrected chi connectivity index (χ3v) is 16.9. The third kappa shape index (κ3) is 65.6. The summed E-state index contributed by atoms with van der Waals surface area (Å²) in [5.74, 6) is -0.185. The van der Waals surface area contributed by atoms with Crippen molar-refractivity contribution in [2.24, 2.45) is 0 Å². The first-order valence-corrected chi connectivity index (χ1v) is 36.7. The predicted molar refractivity (Wildman–Crippen MR) is 355 cm³/mol. The maximum Gasteiger partial charge on any atom is 0.472 e. The summed E-state index contributed by atoms with van der Waals surface area (Å²) < 4.78 is 23.8. The van der Waals surface area contributed by atoms with Gasteiger partial charge in [-0.3, -0.25) is 13.8 Å². The van der Waals surface area contributed by atoms with Crippen LogP contribution in [0.3, 0.4) is 0 Å². The van der Waals surface area contributed by atoms with E-state index in [1.165, 1.54) is 270 Å². The second-order valence-electron chi connectivity index (χ2n) is 25.2. The first-order valence-electron chi connectivity index (χ1n) is 35.2. The molecule has 0 fully saturated rings. The zero-order valence-corrected chi connectivity index (χ0v) is 55.4. The van der Waals surface area contributed by atoms with E-state index < -0.39 is 20.0 Å². The highest BCUT2D eigenvalue weighted by molar-refractivity contribution is 7.47. The number of aliphatic hydroxyl groups excluding tert-OH is 1. The first kappa shape index (κ1) is 79.2. The lowest BCUT2D eigenvalue weighted by Gasteiger charge is -2.25. The van der Waals surface area contributed by atoms with Crippen LogP contribution in [-0.2, 0) is 18.4 Å². The molecule has 476 valence electrons. The van der Waals surface area contributed by atoms with E-state index >= 15 is 0 Å². The number of nitrogens with zero attached hydrogens (tertiary/aromatic N) is 1. The van der Waals surface area contributed by atoms with E-state index in [1.54, 1.807) is 6.08 Å². The van der Waals surface area contributed by atoms with Gasteiger partial charge < -0.3 is 19.8 Å². The molecule has 0 saturated carbocycles. The molecule has 0 aliphatic carbocycles. The molecule has 0 aliphatic rings. The van der Waals surface area contributed by atoms with Crippen molar-refractivity contribution in [3.8, 4) is 0 Å². The molecule has 0 aromatic carbocycles. The van der Waals surface area contributed by atoms with E-state index in [-0.39, 0.29) is 19.1 Å². The van der Waals surface area contributed by atoms with Crippen LogP contribution in [0.1, 0.15) is 341 Å². The van der Waals surface area contributed by atoms with Crippen LogP contribution in [0.25, 0.3) is 0 Å². The van der Waals surface area contributed by atoms with Gasteiger partial charge in [-0.25, -0.2) is 4.57 Å². The predicted octanol–water partition coefficient (Wildman–Crippen LogP) is 22.4. The number of allylic oxidation sites excluding steroid dienone is 9.